The van der Waals surface area contributed by atoms with Crippen LogP contribution >= 0.6 is 0 Å². The number of aromatic amines is 1. The first-order valence-corrected chi connectivity index (χ1v) is 9.18. The Morgan fingerprint density at radius 3 is 2.69 bits per heavy atom. The lowest BCUT2D eigenvalue weighted by atomic mass is 10.0. The van der Waals surface area contributed by atoms with Crippen LogP contribution in [0.3, 0.4) is 0 Å². The van der Waals surface area contributed by atoms with Crippen molar-refractivity contribution in [1.29, 1.82) is 0 Å². The van der Waals surface area contributed by atoms with Crippen molar-refractivity contribution in [1.82, 2.24) is 20.4 Å². The summed E-state index contributed by atoms with van der Waals surface area (Å²) < 4.78 is 18.9. The average molecular weight is 394 g/mol. The Hall–Kier alpha value is -3.68. The number of ether oxygens (including phenoxy) is 1. The molecule has 0 bridgehead atoms. The Bertz CT molecular complexity index is 1000. The van der Waals surface area contributed by atoms with E-state index >= 15 is 0 Å². The van der Waals surface area contributed by atoms with E-state index in [1.807, 2.05) is 30.3 Å². The lowest BCUT2D eigenvalue weighted by Gasteiger charge is -2.34. The van der Waals surface area contributed by atoms with E-state index in [-0.39, 0.29) is 24.1 Å². The minimum atomic E-state index is -0.836. The third kappa shape index (κ3) is 4.11. The minimum absolute atomic E-state index is 0.193. The first kappa shape index (κ1) is 18.7. The maximum absolute atomic E-state index is 13.3. The quantitative estimate of drug-likeness (QED) is 0.696. The number of carbonyl (C=O) groups is 2. The summed E-state index contributed by atoms with van der Waals surface area (Å²) in [6, 6.07) is 15.6. The molecule has 2 amide bonds. The number of hydrogen-bond donors (Lipinski definition) is 2. The summed E-state index contributed by atoms with van der Waals surface area (Å²) in [5.74, 6) is -0.381. The summed E-state index contributed by atoms with van der Waals surface area (Å²) in [6.07, 6.45) is 0. The van der Waals surface area contributed by atoms with E-state index in [0.717, 1.165) is 0 Å². The highest BCUT2D eigenvalue weighted by Crippen LogP contribution is 2.25. The molecule has 1 aromatic heterocycles. The van der Waals surface area contributed by atoms with Crippen LogP contribution in [-0.2, 0) is 11.4 Å². The van der Waals surface area contributed by atoms with Crippen LogP contribution in [0, 0.1) is 5.82 Å². The average Bonchev–Trinajstić information content (AvgIpc) is 3.22. The summed E-state index contributed by atoms with van der Waals surface area (Å²) in [5.41, 5.74) is 1.37. The Morgan fingerprint density at radius 2 is 1.93 bits per heavy atom. The monoisotopic (exact) mass is 394 g/mol. The van der Waals surface area contributed by atoms with E-state index in [9.17, 15) is 14.0 Å². The summed E-state index contributed by atoms with van der Waals surface area (Å²) >= 11 is 0. The van der Waals surface area contributed by atoms with Crippen molar-refractivity contribution in [3.8, 4) is 5.75 Å². The number of amides is 2. The molecule has 2 N–H and O–H groups in total. The molecule has 1 aliphatic rings. The fourth-order valence-electron chi connectivity index (χ4n) is 3.23. The normalized spacial score (nSPS) is 16.4. The fourth-order valence-corrected chi connectivity index (χ4v) is 3.23. The predicted octanol–water partition coefficient (Wildman–Crippen LogP) is 2.44. The second-order valence-corrected chi connectivity index (χ2v) is 6.62. The van der Waals surface area contributed by atoms with Gasteiger partial charge in [-0.1, -0.05) is 30.3 Å². The van der Waals surface area contributed by atoms with E-state index in [0.29, 0.717) is 30.1 Å². The molecule has 7 nitrogen and oxygen atoms in total. The topological polar surface area (TPSA) is 87.3 Å². The van der Waals surface area contributed by atoms with Gasteiger partial charge >= 0.3 is 0 Å². The summed E-state index contributed by atoms with van der Waals surface area (Å²) in [4.78, 5) is 26.9. The SMILES string of the molecule is O=C1NCCN(C(=O)c2cc(COc3ccccc3)[nH]n2)C1c1ccc(F)cc1. The van der Waals surface area contributed by atoms with E-state index < -0.39 is 11.9 Å². The molecule has 2 aromatic carbocycles. The highest BCUT2D eigenvalue weighted by Gasteiger charge is 2.35. The molecule has 3 aromatic rings. The van der Waals surface area contributed by atoms with Crippen LogP contribution in [0.4, 0.5) is 4.39 Å². The van der Waals surface area contributed by atoms with Crippen LogP contribution in [0.1, 0.15) is 27.8 Å². The van der Waals surface area contributed by atoms with Gasteiger partial charge in [0, 0.05) is 13.1 Å². The van der Waals surface area contributed by atoms with Crippen molar-refractivity contribution in [2.75, 3.05) is 13.1 Å². The smallest absolute Gasteiger partial charge is 0.275 e. The Morgan fingerprint density at radius 1 is 1.17 bits per heavy atom. The molecule has 1 fully saturated rings. The van der Waals surface area contributed by atoms with Gasteiger partial charge in [0.25, 0.3) is 5.91 Å². The van der Waals surface area contributed by atoms with Gasteiger partial charge in [-0.05, 0) is 35.9 Å². The lowest BCUT2D eigenvalue weighted by Crippen LogP contribution is -2.52. The molecular weight excluding hydrogens is 375 g/mol. The third-order valence-corrected chi connectivity index (χ3v) is 4.65. The first-order valence-electron chi connectivity index (χ1n) is 9.18. The molecule has 148 valence electrons. The number of benzene rings is 2. The standard InChI is InChI=1S/C21H19FN4O3/c22-15-8-6-14(7-9-15)19-20(27)23-10-11-26(19)21(28)18-12-16(24-25-18)13-29-17-4-2-1-3-5-17/h1-9,12,19H,10-11,13H2,(H,23,27)(H,24,25). The molecular formula is C21H19FN4O3. The highest BCUT2D eigenvalue weighted by molar-refractivity contribution is 5.97. The van der Waals surface area contributed by atoms with Crippen LogP contribution in [0.2, 0.25) is 0 Å². The summed E-state index contributed by atoms with van der Waals surface area (Å²) in [6.45, 7) is 0.901. The predicted molar refractivity (Wildman–Crippen MR) is 103 cm³/mol. The molecule has 4 rings (SSSR count). The maximum Gasteiger partial charge on any atom is 0.275 e. The van der Waals surface area contributed by atoms with E-state index in [1.165, 1.54) is 29.2 Å². The van der Waals surface area contributed by atoms with E-state index in [1.54, 1.807) is 6.07 Å². The number of piperazine rings is 1. The molecule has 2 heterocycles. The molecule has 1 aliphatic heterocycles. The van der Waals surface area contributed by atoms with Gasteiger partial charge in [-0.2, -0.15) is 5.10 Å². The molecule has 0 radical (unpaired) electrons. The van der Waals surface area contributed by atoms with Crippen molar-refractivity contribution in [3.63, 3.8) is 0 Å². The molecule has 1 unspecified atom stereocenters. The van der Waals surface area contributed by atoms with Gasteiger partial charge in [-0.25, -0.2) is 4.39 Å². The fraction of sp³-hybridized carbons (Fsp3) is 0.190. The largest absolute Gasteiger partial charge is 0.487 e. The van der Waals surface area contributed by atoms with E-state index in [4.69, 9.17) is 4.74 Å². The number of rotatable bonds is 5. The Balaban J connectivity index is 1.50. The molecule has 1 saturated heterocycles. The maximum atomic E-state index is 13.3. The van der Waals surface area contributed by atoms with Gasteiger partial charge in [0.15, 0.2) is 5.69 Å². The van der Waals surface area contributed by atoms with Crippen molar-refractivity contribution in [2.24, 2.45) is 0 Å². The van der Waals surface area contributed by atoms with Crippen LogP contribution in [0.25, 0.3) is 0 Å². The number of para-hydroxylation sites is 1. The molecule has 29 heavy (non-hydrogen) atoms. The van der Waals surface area contributed by atoms with Crippen molar-refractivity contribution < 1.29 is 18.7 Å². The highest BCUT2D eigenvalue weighted by atomic mass is 19.1. The minimum Gasteiger partial charge on any atom is -0.487 e. The van der Waals surface area contributed by atoms with Crippen LogP contribution in [0.15, 0.2) is 60.7 Å². The van der Waals surface area contributed by atoms with Gasteiger partial charge in [-0.3, -0.25) is 14.7 Å². The van der Waals surface area contributed by atoms with Crippen molar-refractivity contribution in [3.05, 3.63) is 83.4 Å². The second kappa shape index (κ2) is 8.14. The molecule has 1 atom stereocenters. The van der Waals surface area contributed by atoms with Gasteiger partial charge in [0.2, 0.25) is 5.91 Å². The van der Waals surface area contributed by atoms with Crippen LogP contribution < -0.4 is 10.1 Å². The van der Waals surface area contributed by atoms with Crippen molar-refractivity contribution >= 4 is 11.8 Å². The zero-order valence-electron chi connectivity index (χ0n) is 15.5. The molecule has 8 heteroatoms. The van der Waals surface area contributed by atoms with Crippen molar-refractivity contribution in [2.45, 2.75) is 12.6 Å². The van der Waals surface area contributed by atoms with Crippen LogP contribution in [-0.4, -0.2) is 40.0 Å². The number of halogens is 1. The second-order valence-electron chi connectivity index (χ2n) is 6.62. The van der Waals surface area contributed by atoms with Crippen LogP contribution in [0.5, 0.6) is 5.75 Å². The molecule has 0 aliphatic carbocycles. The van der Waals surface area contributed by atoms with E-state index in [2.05, 4.69) is 15.5 Å². The summed E-state index contributed by atoms with van der Waals surface area (Å²) in [5, 5.41) is 9.63. The third-order valence-electron chi connectivity index (χ3n) is 4.65. The number of nitrogens with zero attached hydrogens (tertiary/aromatic N) is 2. The Kier molecular flexibility index (Phi) is 5.24. The number of carbonyl (C=O) groups excluding carboxylic acids is 2. The molecule has 0 saturated carbocycles. The van der Waals surface area contributed by atoms with Gasteiger partial charge in [0.05, 0.1) is 5.69 Å². The number of aromatic nitrogens is 2. The number of nitrogens with one attached hydrogen (secondary N) is 2. The number of H-pyrrole nitrogens is 1. The molecule has 0 spiro atoms. The zero-order chi connectivity index (χ0) is 20.2. The summed E-state index contributed by atoms with van der Waals surface area (Å²) in [7, 11) is 0. The van der Waals surface area contributed by atoms with Gasteiger partial charge in [0.1, 0.15) is 24.2 Å². The van der Waals surface area contributed by atoms with Gasteiger partial charge < -0.3 is 15.0 Å². The lowest BCUT2D eigenvalue weighted by molar-refractivity contribution is -0.128. The Labute approximate surface area is 166 Å². The first-order chi connectivity index (χ1) is 14.1. The zero-order valence-corrected chi connectivity index (χ0v) is 15.5. The van der Waals surface area contributed by atoms with Gasteiger partial charge in [-0.15, -0.1) is 0 Å². The number of hydrogen-bond acceptors (Lipinski definition) is 4.